The van der Waals surface area contributed by atoms with E-state index in [9.17, 15) is 19.7 Å². The molecule has 0 aliphatic carbocycles. The van der Waals surface area contributed by atoms with Crippen molar-refractivity contribution >= 4 is 17.6 Å². The highest BCUT2D eigenvalue weighted by Gasteiger charge is 2.26. The van der Waals surface area contributed by atoms with Gasteiger partial charge in [0.05, 0.1) is 30.3 Å². The average molecular weight is 383 g/mol. The molecule has 9 nitrogen and oxygen atoms in total. The maximum atomic E-state index is 11.8. The van der Waals surface area contributed by atoms with Gasteiger partial charge in [0.25, 0.3) is 5.69 Å². The van der Waals surface area contributed by atoms with Crippen LogP contribution in [0.5, 0.6) is 11.5 Å². The van der Waals surface area contributed by atoms with Crippen LogP contribution in [-0.2, 0) is 14.3 Å². The fraction of sp³-hybridized carbons (Fsp3) is 0.556. The lowest BCUT2D eigenvalue weighted by molar-refractivity contribution is -0.386. The summed E-state index contributed by atoms with van der Waals surface area (Å²) in [7, 11) is 1.38. The zero-order valence-corrected chi connectivity index (χ0v) is 15.7. The van der Waals surface area contributed by atoms with Crippen LogP contribution in [0.4, 0.5) is 5.69 Å². The molecule has 0 aliphatic heterocycles. The maximum absolute atomic E-state index is 11.8. The van der Waals surface area contributed by atoms with E-state index in [1.54, 1.807) is 6.92 Å². The molecule has 1 unspecified atom stereocenters. The van der Waals surface area contributed by atoms with E-state index in [4.69, 9.17) is 19.3 Å². The Morgan fingerprint density at radius 3 is 2.48 bits per heavy atom. The molecular weight excluding hydrogens is 358 g/mol. The minimum atomic E-state index is -0.953. The van der Waals surface area contributed by atoms with Crippen molar-refractivity contribution in [2.75, 3.05) is 13.7 Å². The third kappa shape index (κ3) is 7.12. The van der Waals surface area contributed by atoms with Gasteiger partial charge in [0.15, 0.2) is 11.5 Å². The van der Waals surface area contributed by atoms with Crippen molar-refractivity contribution in [3.63, 3.8) is 0 Å². The van der Waals surface area contributed by atoms with Crippen LogP contribution in [0.2, 0.25) is 0 Å². The number of carboxylic acids is 1. The number of methoxy groups -OCH3 is 1. The first-order valence-electron chi connectivity index (χ1n) is 8.70. The highest BCUT2D eigenvalue weighted by atomic mass is 16.6. The molecule has 0 saturated carbocycles. The minimum Gasteiger partial charge on any atom is -0.493 e. The summed E-state index contributed by atoms with van der Waals surface area (Å²) in [6.45, 7) is 3.57. The van der Waals surface area contributed by atoms with Crippen LogP contribution >= 0.6 is 0 Å². The number of nitro benzene ring substituents is 1. The van der Waals surface area contributed by atoms with Crippen LogP contribution in [0.25, 0.3) is 0 Å². The van der Waals surface area contributed by atoms with Gasteiger partial charge in [-0.15, -0.1) is 0 Å². The van der Waals surface area contributed by atoms with Gasteiger partial charge in [-0.1, -0.05) is 13.3 Å². The molecule has 1 aromatic rings. The van der Waals surface area contributed by atoms with Gasteiger partial charge in [-0.25, -0.2) is 0 Å². The SMILES string of the molecule is CCCCC(=O)OC(C)c1cc(OC)c(OCCCC(=O)O)cc1[N+](=O)[O-]. The van der Waals surface area contributed by atoms with Crippen molar-refractivity contribution in [3.8, 4) is 11.5 Å². The molecule has 0 bridgehead atoms. The van der Waals surface area contributed by atoms with Crippen LogP contribution in [0.1, 0.15) is 57.6 Å². The van der Waals surface area contributed by atoms with Gasteiger partial charge in [0.2, 0.25) is 0 Å². The quantitative estimate of drug-likeness (QED) is 0.251. The molecular formula is C18H25NO8. The Bertz CT molecular complexity index is 674. The number of unbranched alkanes of at least 4 members (excludes halogenated alkanes) is 1. The number of carbonyl (C=O) groups excluding carboxylic acids is 1. The Balaban J connectivity index is 3.01. The highest BCUT2D eigenvalue weighted by molar-refractivity contribution is 5.70. The predicted molar refractivity (Wildman–Crippen MR) is 96.0 cm³/mol. The number of nitrogens with zero attached hydrogens (tertiary/aromatic N) is 1. The minimum absolute atomic E-state index is 0.0702. The highest BCUT2D eigenvalue weighted by Crippen LogP contribution is 2.38. The first-order valence-corrected chi connectivity index (χ1v) is 8.70. The van der Waals surface area contributed by atoms with Crippen molar-refractivity contribution in [1.82, 2.24) is 0 Å². The van der Waals surface area contributed by atoms with Gasteiger partial charge in [-0.2, -0.15) is 0 Å². The van der Waals surface area contributed by atoms with Crippen molar-refractivity contribution < 1.29 is 33.8 Å². The molecule has 1 atom stereocenters. The Hall–Kier alpha value is -2.84. The molecule has 0 heterocycles. The van der Waals surface area contributed by atoms with E-state index >= 15 is 0 Å². The topological polar surface area (TPSA) is 125 Å². The molecule has 0 fully saturated rings. The number of carboxylic acid groups (broad SMARTS) is 1. The van der Waals surface area contributed by atoms with E-state index in [0.717, 1.165) is 6.42 Å². The molecule has 9 heteroatoms. The van der Waals surface area contributed by atoms with Gasteiger partial charge in [0.1, 0.15) is 6.10 Å². The van der Waals surface area contributed by atoms with Crippen molar-refractivity contribution in [2.24, 2.45) is 0 Å². The third-order valence-electron chi connectivity index (χ3n) is 3.78. The number of rotatable bonds is 12. The van der Waals surface area contributed by atoms with Crippen LogP contribution in [0.3, 0.4) is 0 Å². The van der Waals surface area contributed by atoms with Crippen molar-refractivity contribution in [1.29, 1.82) is 0 Å². The Labute approximate surface area is 157 Å². The number of hydrogen-bond donors (Lipinski definition) is 1. The summed E-state index contributed by atoms with van der Waals surface area (Å²) in [5, 5.41) is 20.1. The Kier molecular flexibility index (Phi) is 9.04. The van der Waals surface area contributed by atoms with Gasteiger partial charge in [-0.3, -0.25) is 19.7 Å². The second-order valence-electron chi connectivity index (χ2n) is 5.90. The standard InChI is InChI=1S/C18H25NO8/c1-4-5-8-18(22)27-12(2)13-10-15(25-3)16(11-14(13)19(23)24)26-9-6-7-17(20)21/h10-12H,4-9H2,1-3H3,(H,20,21). The number of hydrogen-bond acceptors (Lipinski definition) is 7. The smallest absolute Gasteiger partial charge is 0.306 e. The third-order valence-corrected chi connectivity index (χ3v) is 3.78. The Morgan fingerprint density at radius 1 is 1.22 bits per heavy atom. The number of nitro groups is 1. The average Bonchev–Trinajstić information content (AvgIpc) is 2.62. The van der Waals surface area contributed by atoms with Gasteiger partial charge >= 0.3 is 11.9 Å². The van der Waals surface area contributed by atoms with Crippen LogP contribution in [0, 0.1) is 10.1 Å². The summed E-state index contributed by atoms with van der Waals surface area (Å²) in [6, 6.07) is 2.60. The van der Waals surface area contributed by atoms with Gasteiger partial charge < -0.3 is 19.3 Å². The Morgan fingerprint density at radius 2 is 1.93 bits per heavy atom. The number of benzene rings is 1. The van der Waals surface area contributed by atoms with Crippen LogP contribution in [-0.4, -0.2) is 35.7 Å². The van der Waals surface area contributed by atoms with Crippen LogP contribution in [0.15, 0.2) is 12.1 Å². The summed E-state index contributed by atoms with van der Waals surface area (Å²) in [4.78, 5) is 33.2. The summed E-state index contributed by atoms with van der Waals surface area (Å²) >= 11 is 0. The van der Waals surface area contributed by atoms with E-state index in [1.807, 2.05) is 6.92 Å². The first-order chi connectivity index (χ1) is 12.8. The monoisotopic (exact) mass is 383 g/mol. The number of aliphatic carboxylic acids is 1. The lowest BCUT2D eigenvalue weighted by atomic mass is 10.1. The fourth-order valence-electron chi connectivity index (χ4n) is 2.37. The molecule has 0 spiro atoms. The predicted octanol–water partition coefficient (Wildman–Crippen LogP) is 3.64. The number of esters is 1. The maximum Gasteiger partial charge on any atom is 0.306 e. The van der Waals surface area contributed by atoms with Gasteiger partial charge in [-0.05, 0) is 25.8 Å². The lowest BCUT2D eigenvalue weighted by Crippen LogP contribution is -2.11. The second-order valence-corrected chi connectivity index (χ2v) is 5.90. The molecule has 0 aliphatic rings. The molecule has 27 heavy (non-hydrogen) atoms. The second kappa shape index (κ2) is 11.0. The molecule has 0 amide bonds. The fourth-order valence-corrected chi connectivity index (χ4v) is 2.37. The van der Waals surface area contributed by atoms with Crippen LogP contribution < -0.4 is 9.47 Å². The summed E-state index contributed by atoms with van der Waals surface area (Å²) in [5.41, 5.74) is -0.0700. The molecule has 150 valence electrons. The summed E-state index contributed by atoms with van der Waals surface area (Å²) in [5.74, 6) is -1.01. The molecule has 1 N–H and O–H groups in total. The van der Waals surface area contributed by atoms with Crippen molar-refractivity contribution in [3.05, 3.63) is 27.8 Å². The zero-order chi connectivity index (χ0) is 20.4. The van der Waals surface area contributed by atoms with E-state index in [1.165, 1.54) is 19.2 Å². The summed E-state index contributed by atoms with van der Waals surface area (Å²) in [6.07, 6.45) is 1.11. The van der Waals surface area contributed by atoms with Crippen molar-refractivity contribution in [2.45, 2.75) is 52.1 Å². The first kappa shape index (κ1) is 22.2. The lowest BCUT2D eigenvalue weighted by Gasteiger charge is -2.17. The van der Waals surface area contributed by atoms with E-state index in [2.05, 4.69) is 0 Å². The van der Waals surface area contributed by atoms with E-state index < -0.39 is 23.0 Å². The molecule has 1 rings (SSSR count). The molecule has 0 aromatic heterocycles. The molecule has 0 radical (unpaired) electrons. The molecule has 0 saturated heterocycles. The zero-order valence-electron chi connectivity index (χ0n) is 15.7. The molecule has 1 aromatic carbocycles. The summed E-state index contributed by atoms with van der Waals surface area (Å²) < 4.78 is 15.9. The normalized spacial score (nSPS) is 11.5. The largest absolute Gasteiger partial charge is 0.493 e. The van der Waals surface area contributed by atoms with Gasteiger partial charge in [0, 0.05) is 12.8 Å². The van der Waals surface area contributed by atoms with E-state index in [-0.39, 0.29) is 48.6 Å². The van der Waals surface area contributed by atoms with E-state index in [0.29, 0.717) is 6.42 Å². The number of ether oxygens (including phenoxy) is 3. The number of carbonyl (C=O) groups is 2.